The Bertz CT molecular complexity index is 564. The first kappa shape index (κ1) is 11.9. The van der Waals surface area contributed by atoms with Crippen LogP contribution in [0.5, 0.6) is 0 Å². The molecule has 5 heteroatoms. The van der Waals surface area contributed by atoms with Crippen LogP contribution in [0.25, 0.3) is 0 Å². The van der Waals surface area contributed by atoms with Crippen LogP contribution in [-0.4, -0.2) is 20.9 Å². The van der Waals surface area contributed by atoms with E-state index in [1.54, 1.807) is 18.7 Å². The summed E-state index contributed by atoms with van der Waals surface area (Å²) in [5, 5.41) is 2.98. The van der Waals surface area contributed by atoms with Gasteiger partial charge in [0.1, 0.15) is 0 Å². The van der Waals surface area contributed by atoms with E-state index in [0.717, 1.165) is 36.2 Å². The van der Waals surface area contributed by atoms with Gasteiger partial charge in [-0.2, -0.15) is 0 Å². The Kier molecular flexibility index (Phi) is 3.27. The van der Waals surface area contributed by atoms with Crippen molar-refractivity contribution in [2.24, 2.45) is 5.92 Å². The van der Waals surface area contributed by atoms with Crippen LogP contribution in [-0.2, 0) is 24.2 Å². The number of hydrogen-bond acceptors (Lipinski definition) is 3. The zero-order valence-electron chi connectivity index (χ0n) is 10.6. The summed E-state index contributed by atoms with van der Waals surface area (Å²) in [4.78, 5) is 23.5. The Morgan fingerprint density at radius 2 is 2.47 bits per heavy atom. The largest absolute Gasteiger partial charge is 0.352 e. The number of carbonyl (C=O) groups excluding carboxylic acids is 1. The van der Waals surface area contributed by atoms with E-state index in [0.29, 0.717) is 6.54 Å². The molecular formula is C14H16N4O. The van der Waals surface area contributed by atoms with Crippen molar-refractivity contribution < 1.29 is 4.79 Å². The average molecular weight is 256 g/mol. The lowest BCUT2D eigenvalue weighted by Crippen LogP contribution is -2.33. The van der Waals surface area contributed by atoms with Gasteiger partial charge < -0.3 is 10.3 Å². The van der Waals surface area contributed by atoms with Gasteiger partial charge in [0.05, 0.1) is 12.0 Å². The third kappa shape index (κ3) is 2.65. The summed E-state index contributed by atoms with van der Waals surface area (Å²) in [6.07, 6.45) is 7.72. The quantitative estimate of drug-likeness (QED) is 0.867. The number of aromatic amines is 1. The molecule has 2 aromatic rings. The number of nitrogens with zero attached hydrogens (tertiary/aromatic N) is 2. The van der Waals surface area contributed by atoms with Crippen molar-refractivity contribution in [3.63, 3.8) is 0 Å². The van der Waals surface area contributed by atoms with Crippen LogP contribution in [0.2, 0.25) is 0 Å². The summed E-state index contributed by atoms with van der Waals surface area (Å²) in [5.41, 5.74) is 3.23. The SMILES string of the molecule is O=C(NCc1cccnc1)[C@@H]1CCc2nc[nH]c2C1. The minimum absolute atomic E-state index is 0.0459. The van der Waals surface area contributed by atoms with Crippen LogP contribution in [0.15, 0.2) is 30.9 Å². The third-order valence-electron chi connectivity index (χ3n) is 3.55. The Morgan fingerprint density at radius 3 is 3.32 bits per heavy atom. The number of carbonyl (C=O) groups is 1. The molecule has 5 nitrogen and oxygen atoms in total. The van der Waals surface area contributed by atoms with Crippen LogP contribution >= 0.6 is 0 Å². The minimum Gasteiger partial charge on any atom is -0.352 e. The van der Waals surface area contributed by atoms with Crippen molar-refractivity contribution in [3.8, 4) is 0 Å². The molecule has 1 aliphatic rings. The zero-order valence-corrected chi connectivity index (χ0v) is 10.6. The minimum atomic E-state index is 0.0459. The highest BCUT2D eigenvalue weighted by Gasteiger charge is 2.25. The number of aromatic nitrogens is 3. The predicted molar refractivity (Wildman–Crippen MR) is 70.2 cm³/mol. The first-order chi connectivity index (χ1) is 9.33. The molecule has 1 atom stereocenters. The maximum atomic E-state index is 12.1. The first-order valence-electron chi connectivity index (χ1n) is 6.50. The lowest BCUT2D eigenvalue weighted by molar-refractivity contribution is -0.125. The van der Waals surface area contributed by atoms with E-state index >= 15 is 0 Å². The van der Waals surface area contributed by atoms with Gasteiger partial charge in [-0.3, -0.25) is 9.78 Å². The van der Waals surface area contributed by atoms with Gasteiger partial charge in [0.25, 0.3) is 0 Å². The fourth-order valence-electron chi connectivity index (χ4n) is 2.46. The number of fused-ring (bicyclic) bond motifs is 1. The number of hydrogen-bond donors (Lipinski definition) is 2. The highest BCUT2D eigenvalue weighted by molar-refractivity contribution is 5.79. The van der Waals surface area contributed by atoms with Crippen molar-refractivity contribution in [2.45, 2.75) is 25.8 Å². The van der Waals surface area contributed by atoms with Crippen molar-refractivity contribution >= 4 is 5.91 Å². The summed E-state index contributed by atoms with van der Waals surface area (Å²) in [6.45, 7) is 0.541. The molecule has 2 N–H and O–H groups in total. The van der Waals surface area contributed by atoms with Gasteiger partial charge >= 0.3 is 0 Å². The predicted octanol–water partition coefficient (Wildman–Crippen LogP) is 1.23. The highest BCUT2D eigenvalue weighted by Crippen LogP contribution is 2.22. The Labute approximate surface area is 111 Å². The van der Waals surface area contributed by atoms with Crippen molar-refractivity contribution in [1.29, 1.82) is 0 Å². The monoisotopic (exact) mass is 256 g/mol. The molecule has 0 radical (unpaired) electrons. The van der Waals surface area contributed by atoms with E-state index in [4.69, 9.17) is 0 Å². The fraction of sp³-hybridized carbons (Fsp3) is 0.357. The molecule has 2 aromatic heterocycles. The van der Waals surface area contributed by atoms with Gasteiger partial charge in [-0.1, -0.05) is 6.07 Å². The molecule has 0 aromatic carbocycles. The molecule has 3 rings (SSSR count). The van der Waals surface area contributed by atoms with Crippen molar-refractivity contribution in [1.82, 2.24) is 20.3 Å². The molecule has 0 fully saturated rings. The van der Waals surface area contributed by atoms with E-state index in [1.165, 1.54) is 0 Å². The molecule has 1 aliphatic carbocycles. The number of amides is 1. The first-order valence-corrected chi connectivity index (χ1v) is 6.50. The van der Waals surface area contributed by atoms with Crippen LogP contribution in [0.1, 0.15) is 23.4 Å². The molecule has 2 heterocycles. The molecule has 0 bridgehead atoms. The summed E-state index contributed by atoms with van der Waals surface area (Å²) in [7, 11) is 0. The fourth-order valence-corrected chi connectivity index (χ4v) is 2.46. The number of imidazole rings is 1. The summed E-state index contributed by atoms with van der Waals surface area (Å²) in [5.74, 6) is 0.161. The standard InChI is InChI=1S/C14H16N4O/c19-14(16-8-10-2-1-5-15-7-10)11-3-4-12-13(6-11)18-9-17-12/h1-2,5,7,9,11H,3-4,6,8H2,(H,16,19)(H,17,18)/t11-/m1/s1. The van der Waals surface area contributed by atoms with Crippen LogP contribution < -0.4 is 5.32 Å². The highest BCUT2D eigenvalue weighted by atomic mass is 16.1. The molecule has 0 saturated heterocycles. The number of nitrogens with one attached hydrogen (secondary N) is 2. The molecule has 1 amide bonds. The number of rotatable bonds is 3. The number of H-pyrrole nitrogens is 1. The van der Waals surface area contributed by atoms with Crippen molar-refractivity contribution in [2.75, 3.05) is 0 Å². The third-order valence-corrected chi connectivity index (χ3v) is 3.55. The van der Waals surface area contributed by atoms with Gasteiger partial charge in [0.15, 0.2) is 0 Å². The summed E-state index contributed by atoms with van der Waals surface area (Å²) >= 11 is 0. The molecule has 0 saturated carbocycles. The molecule has 98 valence electrons. The zero-order chi connectivity index (χ0) is 13.1. The van der Waals surface area contributed by atoms with Gasteiger partial charge in [-0.15, -0.1) is 0 Å². The Morgan fingerprint density at radius 1 is 1.53 bits per heavy atom. The van der Waals surface area contributed by atoms with E-state index < -0.39 is 0 Å². The maximum Gasteiger partial charge on any atom is 0.223 e. The van der Waals surface area contributed by atoms with E-state index in [-0.39, 0.29) is 11.8 Å². The number of aryl methyl sites for hydroxylation is 1. The van der Waals surface area contributed by atoms with E-state index in [9.17, 15) is 4.79 Å². The molecule has 0 unspecified atom stereocenters. The van der Waals surface area contributed by atoms with Crippen LogP contribution in [0, 0.1) is 5.92 Å². The lowest BCUT2D eigenvalue weighted by Gasteiger charge is -2.20. The smallest absolute Gasteiger partial charge is 0.223 e. The van der Waals surface area contributed by atoms with Gasteiger partial charge in [-0.05, 0) is 24.5 Å². The van der Waals surface area contributed by atoms with Crippen LogP contribution in [0.3, 0.4) is 0 Å². The lowest BCUT2D eigenvalue weighted by atomic mass is 9.89. The maximum absolute atomic E-state index is 12.1. The second-order valence-corrected chi connectivity index (χ2v) is 4.85. The average Bonchev–Trinajstić information content (AvgIpc) is 2.93. The second kappa shape index (κ2) is 5.22. The summed E-state index contributed by atoms with van der Waals surface area (Å²) < 4.78 is 0. The topological polar surface area (TPSA) is 70.7 Å². The molecular weight excluding hydrogens is 240 g/mol. The summed E-state index contributed by atoms with van der Waals surface area (Å²) in [6, 6.07) is 3.83. The molecule has 0 spiro atoms. The molecule has 19 heavy (non-hydrogen) atoms. The Hall–Kier alpha value is -2.17. The van der Waals surface area contributed by atoms with Crippen LogP contribution in [0.4, 0.5) is 0 Å². The van der Waals surface area contributed by atoms with E-state index in [2.05, 4.69) is 20.3 Å². The number of pyridine rings is 1. The van der Waals surface area contributed by atoms with Crippen molar-refractivity contribution in [3.05, 3.63) is 47.8 Å². The van der Waals surface area contributed by atoms with Gasteiger partial charge in [0, 0.05) is 37.0 Å². The van der Waals surface area contributed by atoms with E-state index in [1.807, 2.05) is 12.1 Å². The second-order valence-electron chi connectivity index (χ2n) is 4.85. The normalized spacial score (nSPS) is 17.8. The Balaban J connectivity index is 1.57. The molecule has 0 aliphatic heterocycles. The van der Waals surface area contributed by atoms with Gasteiger partial charge in [-0.25, -0.2) is 4.98 Å². The van der Waals surface area contributed by atoms with Gasteiger partial charge in [0.2, 0.25) is 5.91 Å².